The minimum absolute atomic E-state index is 0.523. The SMILES string of the molecule is Cc1ccc(C#CCCCl)c(C=O)c1. The Morgan fingerprint density at radius 1 is 1.50 bits per heavy atom. The number of carbonyl (C=O) groups excluding carboxylic acids is 1. The quantitative estimate of drug-likeness (QED) is 0.413. The molecule has 0 saturated carbocycles. The number of aryl methyl sites for hydroxylation is 1. The molecule has 1 nitrogen and oxygen atoms in total. The summed E-state index contributed by atoms with van der Waals surface area (Å²) >= 11 is 5.49. The highest BCUT2D eigenvalue weighted by molar-refractivity contribution is 6.18. The average molecular weight is 207 g/mol. The van der Waals surface area contributed by atoms with Crippen molar-refractivity contribution in [1.29, 1.82) is 0 Å². The number of carbonyl (C=O) groups is 1. The summed E-state index contributed by atoms with van der Waals surface area (Å²) in [6, 6.07) is 5.63. The number of alkyl halides is 1. The van der Waals surface area contributed by atoms with Crippen molar-refractivity contribution in [1.82, 2.24) is 0 Å². The van der Waals surface area contributed by atoms with Crippen LogP contribution in [0.15, 0.2) is 18.2 Å². The Balaban J connectivity index is 2.98. The van der Waals surface area contributed by atoms with Gasteiger partial charge in [-0.15, -0.1) is 11.6 Å². The number of halogens is 1. The Hall–Kier alpha value is -1.26. The number of aldehydes is 1. The van der Waals surface area contributed by atoms with Gasteiger partial charge in [0, 0.05) is 23.4 Å². The van der Waals surface area contributed by atoms with E-state index in [9.17, 15) is 4.79 Å². The van der Waals surface area contributed by atoms with E-state index < -0.39 is 0 Å². The molecule has 1 aromatic carbocycles. The van der Waals surface area contributed by atoms with Crippen LogP contribution in [0.25, 0.3) is 0 Å². The molecule has 0 fully saturated rings. The Labute approximate surface area is 89.1 Å². The van der Waals surface area contributed by atoms with Crippen LogP contribution < -0.4 is 0 Å². The first-order valence-corrected chi connectivity index (χ1v) is 4.92. The van der Waals surface area contributed by atoms with E-state index in [-0.39, 0.29) is 0 Å². The van der Waals surface area contributed by atoms with Crippen molar-refractivity contribution >= 4 is 17.9 Å². The van der Waals surface area contributed by atoms with Gasteiger partial charge in [-0.2, -0.15) is 0 Å². The van der Waals surface area contributed by atoms with Crippen LogP contribution in [0.4, 0.5) is 0 Å². The van der Waals surface area contributed by atoms with Gasteiger partial charge in [-0.3, -0.25) is 4.79 Å². The second kappa shape index (κ2) is 5.47. The molecule has 0 radical (unpaired) electrons. The van der Waals surface area contributed by atoms with E-state index in [2.05, 4.69) is 11.8 Å². The Morgan fingerprint density at radius 2 is 2.29 bits per heavy atom. The molecule has 2 heteroatoms. The lowest BCUT2D eigenvalue weighted by Crippen LogP contribution is -1.88. The normalized spacial score (nSPS) is 9.00. The fourth-order valence-corrected chi connectivity index (χ4v) is 1.19. The molecule has 0 aliphatic rings. The third-order valence-corrected chi connectivity index (χ3v) is 1.97. The molecule has 0 atom stereocenters. The van der Waals surface area contributed by atoms with Crippen LogP contribution in [0.5, 0.6) is 0 Å². The fourth-order valence-electron chi connectivity index (χ4n) is 1.10. The molecule has 0 aromatic heterocycles. The molecule has 1 aromatic rings. The standard InChI is InChI=1S/C12H11ClO/c1-10-5-6-11(4-2-3-7-13)12(8-10)9-14/h5-6,8-9H,3,7H2,1H3. The van der Waals surface area contributed by atoms with Gasteiger partial charge in [0.05, 0.1) is 0 Å². The predicted molar refractivity (Wildman–Crippen MR) is 58.8 cm³/mol. The van der Waals surface area contributed by atoms with E-state index in [1.54, 1.807) is 0 Å². The van der Waals surface area contributed by atoms with E-state index in [1.165, 1.54) is 0 Å². The van der Waals surface area contributed by atoms with Crippen LogP contribution >= 0.6 is 11.6 Å². The van der Waals surface area contributed by atoms with Gasteiger partial charge in [-0.05, 0) is 19.1 Å². The maximum atomic E-state index is 10.7. The van der Waals surface area contributed by atoms with Gasteiger partial charge in [-0.25, -0.2) is 0 Å². The van der Waals surface area contributed by atoms with Gasteiger partial charge in [0.2, 0.25) is 0 Å². The van der Waals surface area contributed by atoms with Crippen LogP contribution in [-0.2, 0) is 0 Å². The smallest absolute Gasteiger partial charge is 0.151 e. The summed E-state index contributed by atoms with van der Waals surface area (Å²) in [5.41, 5.74) is 2.48. The molecule has 0 aliphatic carbocycles. The third-order valence-electron chi connectivity index (χ3n) is 1.78. The van der Waals surface area contributed by atoms with Crippen molar-refractivity contribution in [2.45, 2.75) is 13.3 Å². The molecular weight excluding hydrogens is 196 g/mol. The van der Waals surface area contributed by atoms with Crippen molar-refractivity contribution < 1.29 is 4.79 Å². The number of benzene rings is 1. The lowest BCUT2D eigenvalue weighted by atomic mass is 10.1. The summed E-state index contributed by atoms with van der Waals surface area (Å²) in [6.45, 7) is 1.95. The molecule has 0 amide bonds. The second-order valence-electron chi connectivity index (χ2n) is 2.95. The van der Waals surface area contributed by atoms with Gasteiger partial charge >= 0.3 is 0 Å². The zero-order valence-electron chi connectivity index (χ0n) is 8.01. The summed E-state index contributed by atoms with van der Waals surface area (Å²) in [5, 5.41) is 0. The summed E-state index contributed by atoms with van der Waals surface area (Å²) in [5.74, 6) is 6.35. The molecular formula is C12H11ClO. The Morgan fingerprint density at radius 3 is 2.93 bits per heavy atom. The highest BCUT2D eigenvalue weighted by Crippen LogP contribution is 2.08. The Bertz CT molecular complexity index is 385. The first-order valence-electron chi connectivity index (χ1n) is 4.38. The van der Waals surface area contributed by atoms with Gasteiger partial charge in [0.15, 0.2) is 6.29 Å². The molecule has 0 unspecified atom stereocenters. The van der Waals surface area contributed by atoms with E-state index in [1.807, 2.05) is 25.1 Å². The van der Waals surface area contributed by atoms with Gasteiger partial charge in [-0.1, -0.05) is 23.5 Å². The first kappa shape index (κ1) is 10.8. The molecule has 14 heavy (non-hydrogen) atoms. The molecule has 0 heterocycles. The summed E-state index contributed by atoms with van der Waals surface area (Å²) in [7, 11) is 0. The largest absolute Gasteiger partial charge is 0.298 e. The zero-order chi connectivity index (χ0) is 10.4. The minimum Gasteiger partial charge on any atom is -0.298 e. The summed E-state index contributed by atoms with van der Waals surface area (Å²) < 4.78 is 0. The number of hydrogen-bond donors (Lipinski definition) is 0. The van der Waals surface area contributed by atoms with Crippen LogP contribution in [0.1, 0.15) is 27.9 Å². The molecule has 0 spiro atoms. The Kier molecular flexibility index (Phi) is 4.22. The van der Waals surface area contributed by atoms with E-state index in [0.29, 0.717) is 17.9 Å². The molecule has 0 bridgehead atoms. The lowest BCUT2D eigenvalue weighted by Gasteiger charge is -1.97. The van der Waals surface area contributed by atoms with E-state index in [0.717, 1.165) is 17.4 Å². The minimum atomic E-state index is 0.523. The van der Waals surface area contributed by atoms with Gasteiger partial charge < -0.3 is 0 Å². The van der Waals surface area contributed by atoms with Crippen LogP contribution in [0.2, 0.25) is 0 Å². The van der Waals surface area contributed by atoms with Crippen molar-refractivity contribution in [3.8, 4) is 11.8 Å². The van der Waals surface area contributed by atoms with Gasteiger partial charge in [0.25, 0.3) is 0 Å². The molecule has 1 rings (SSSR count). The summed E-state index contributed by atoms with van der Waals surface area (Å²) in [6.07, 6.45) is 1.48. The molecule has 0 saturated heterocycles. The molecule has 72 valence electrons. The van der Waals surface area contributed by atoms with Crippen molar-refractivity contribution in [3.63, 3.8) is 0 Å². The summed E-state index contributed by atoms with van der Waals surface area (Å²) in [4.78, 5) is 10.7. The fraction of sp³-hybridized carbons (Fsp3) is 0.250. The van der Waals surface area contributed by atoms with Crippen LogP contribution in [0.3, 0.4) is 0 Å². The average Bonchev–Trinajstić information content (AvgIpc) is 2.20. The highest BCUT2D eigenvalue weighted by Gasteiger charge is 1.97. The van der Waals surface area contributed by atoms with Crippen molar-refractivity contribution in [2.24, 2.45) is 0 Å². The van der Waals surface area contributed by atoms with Crippen molar-refractivity contribution in [2.75, 3.05) is 5.88 Å². The third kappa shape index (κ3) is 2.90. The maximum absolute atomic E-state index is 10.7. The van der Waals surface area contributed by atoms with E-state index >= 15 is 0 Å². The maximum Gasteiger partial charge on any atom is 0.151 e. The van der Waals surface area contributed by atoms with Crippen LogP contribution in [-0.4, -0.2) is 12.2 Å². The van der Waals surface area contributed by atoms with Crippen molar-refractivity contribution in [3.05, 3.63) is 34.9 Å². The first-order chi connectivity index (χ1) is 6.77. The molecule has 0 N–H and O–H groups in total. The van der Waals surface area contributed by atoms with Gasteiger partial charge in [0.1, 0.15) is 0 Å². The monoisotopic (exact) mass is 206 g/mol. The predicted octanol–water partition coefficient (Wildman–Crippen LogP) is 2.79. The topological polar surface area (TPSA) is 17.1 Å². The molecule has 0 aliphatic heterocycles. The number of hydrogen-bond acceptors (Lipinski definition) is 1. The van der Waals surface area contributed by atoms with Crippen LogP contribution in [0, 0.1) is 18.8 Å². The zero-order valence-corrected chi connectivity index (χ0v) is 8.77. The lowest BCUT2D eigenvalue weighted by molar-refractivity contribution is 0.112. The van der Waals surface area contributed by atoms with E-state index in [4.69, 9.17) is 11.6 Å². The second-order valence-corrected chi connectivity index (χ2v) is 3.33. The highest BCUT2D eigenvalue weighted by atomic mass is 35.5. The number of rotatable bonds is 2.